The van der Waals surface area contributed by atoms with Gasteiger partial charge in [-0.25, -0.2) is 9.59 Å². The summed E-state index contributed by atoms with van der Waals surface area (Å²) in [4.78, 5) is 23.6. The zero-order valence-corrected chi connectivity index (χ0v) is 20.1. The molecule has 1 aromatic heterocycles. The van der Waals surface area contributed by atoms with E-state index in [0.717, 1.165) is 37.7 Å². The third kappa shape index (κ3) is 2.87. The summed E-state index contributed by atoms with van der Waals surface area (Å²) in [7, 11) is 0. The van der Waals surface area contributed by atoms with Gasteiger partial charge in [0.15, 0.2) is 0 Å². The minimum absolute atomic E-state index is 0.0199. The third-order valence-corrected chi connectivity index (χ3v) is 10.8. The zero-order valence-electron chi connectivity index (χ0n) is 20.1. The highest BCUT2D eigenvalue weighted by Crippen LogP contribution is 2.78. The minimum Gasteiger partial charge on any atom is -0.459 e. The standard InChI is InChI=1S/C28H36O5/c1-16(2)25(30)32-19-9-11-26(3)18(13-19)6-7-21-20(26)10-12-27(4)22(14-23-28(21,27)33-23)17-5-8-24(29)31-15-17/h5,8,15,18-23H,1,6-7,9-14H2,2-4H3/t18-,19+,20+,21-,22-,23-,26+,27-,28-/m1/s1. The quantitative estimate of drug-likeness (QED) is 0.350. The van der Waals surface area contributed by atoms with E-state index < -0.39 is 0 Å². The fourth-order valence-electron chi connectivity index (χ4n) is 9.08. The molecule has 6 rings (SSSR count). The van der Waals surface area contributed by atoms with Crippen molar-refractivity contribution in [1.82, 2.24) is 0 Å². The molecule has 0 amide bonds. The van der Waals surface area contributed by atoms with E-state index in [9.17, 15) is 9.59 Å². The van der Waals surface area contributed by atoms with Crippen LogP contribution in [0.4, 0.5) is 0 Å². The lowest BCUT2D eigenvalue weighted by molar-refractivity contribution is -0.161. The van der Waals surface area contributed by atoms with Gasteiger partial charge in [0.25, 0.3) is 0 Å². The van der Waals surface area contributed by atoms with Crippen molar-refractivity contribution in [2.75, 3.05) is 0 Å². The molecule has 5 nitrogen and oxygen atoms in total. The second-order valence-corrected chi connectivity index (χ2v) is 12.1. The number of ether oxygens (including phenoxy) is 2. The molecule has 1 saturated heterocycles. The van der Waals surface area contributed by atoms with Crippen LogP contribution in [0.3, 0.4) is 0 Å². The molecule has 4 saturated carbocycles. The predicted octanol–water partition coefficient (Wildman–Crippen LogP) is 5.39. The topological polar surface area (TPSA) is 69.0 Å². The molecule has 4 aliphatic carbocycles. The third-order valence-electron chi connectivity index (χ3n) is 10.8. The van der Waals surface area contributed by atoms with Crippen LogP contribution in [0.1, 0.15) is 83.6 Å². The maximum atomic E-state index is 12.1. The average molecular weight is 453 g/mol. The number of hydrogen-bond donors (Lipinski definition) is 0. The number of rotatable bonds is 3. The van der Waals surface area contributed by atoms with Crippen molar-refractivity contribution in [3.8, 4) is 0 Å². The number of esters is 1. The van der Waals surface area contributed by atoms with Crippen molar-refractivity contribution in [2.45, 2.75) is 95.9 Å². The van der Waals surface area contributed by atoms with Gasteiger partial charge < -0.3 is 13.9 Å². The summed E-state index contributed by atoms with van der Waals surface area (Å²) in [6.45, 7) is 10.4. The highest BCUT2D eigenvalue weighted by atomic mass is 16.6. The predicted molar refractivity (Wildman–Crippen MR) is 124 cm³/mol. The molecule has 178 valence electrons. The molecule has 5 heteroatoms. The smallest absolute Gasteiger partial charge is 0.335 e. The molecule has 0 aromatic carbocycles. The molecule has 0 bridgehead atoms. The fraction of sp³-hybridized carbons (Fsp3) is 0.714. The second-order valence-electron chi connectivity index (χ2n) is 12.1. The van der Waals surface area contributed by atoms with E-state index in [1.807, 2.05) is 6.07 Å². The molecule has 5 fully saturated rings. The summed E-state index contributed by atoms with van der Waals surface area (Å²) >= 11 is 0. The number of fused-ring (bicyclic) bond motifs is 3. The molecule has 2 heterocycles. The summed E-state index contributed by atoms with van der Waals surface area (Å²) in [5.74, 6) is 2.02. The van der Waals surface area contributed by atoms with Gasteiger partial charge in [-0.15, -0.1) is 0 Å². The van der Waals surface area contributed by atoms with Crippen LogP contribution in [0, 0.1) is 28.6 Å². The maximum absolute atomic E-state index is 12.1. The Morgan fingerprint density at radius 2 is 1.91 bits per heavy atom. The second kappa shape index (κ2) is 7.07. The first kappa shape index (κ1) is 21.6. The number of hydrogen-bond acceptors (Lipinski definition) is 5. The molecular formula is C28H36O5. The molecule has 0 N–H and O–H groups in total. The van der Waals surface area contributed by atoms with E-state index in [1.54, 1.807) is 19.3 Å². The van der Waals surface area contributed by atoms with Crippen molar-refractivity contribution in [3.63, 3.8) is 0 Å². The Morgan fingerprint density at radius 1 is 1.09 bits per heavy atom. The number of carbonyl (C=O) groups is 1. The normalized spacial score (nSPS) is 47.5. The molecule has 0 radical (unpaired) electrons. The van der Waals surface area contributed by atoms with Crippen LogP contribution in [-0.2, 0) is 14.3 Å². The Morgan fingerprint density at radius 3 is 2.64 bits per heavy atom. The molecular weight excluding hydrogens is 416 g/mol. The maximum Gasteiger partial charge on any atom is 0.335 e. The molecule has 9 atom stereocenters. The van der Waals surface area contributed by atoms with Gasteiger partial charge in [0.2, 0.25) is 0 Å². The van der Waals surface area contributed by atoms with E-state index in [-0.39, 0.29) is 28.7 Å². The first-order chi connectivity index (χ1) is 15.7. The molecule has 33 heavy (non-hydrogen) atoms. The largest absolute Gasteiger partial charge is 0.459 e. The lowest BCUT2D eigenvalue weighted by atomic mass is 9.44. The van der Waals surface area contributed by atoms with E-state index in [0.29, 0.717) is 40.8 Å². The molecule has 1 spiro atoms. The summed E-state index contributed by atoms with van der Waals surface area (Å²) in [5.41, 5.74) is 1.73. The monoisotopic (exact) mass is 452 g/mol. The summed E-state index contributed by atoms with van der Waals surface area (Å²) in [6.07, 6.45) is 10.9. The number of carbonyl (C=O) groups excluding carboxylic acids is 1. The summed E-state index contributed by atoms with van der Waals surface area (Å²) in [6, 6.07) is 3.53. The molecule has 1 aromatic rings. The van der Waals surface area contributed by atoms with Gasteiger partial charge in [0.1, 0.15) is 11.7 Å². The van der Waals surface area contributed by atoms with Crippen molar-refractivity contribution in [2.24, 2.45) is 28.6 Å². The Balaban J connectivity index is 1.24. The van der Waals surface area contributed by atoms with Gasteiger partial charge in [-0.05, 0) is 99.0 Å². The van der Waals surface area contributed by atoms with Crippen molar-refractivity contribution in [1.29, 1.82) is 0 Å². The van der Waals surface area contributed by atoms with Crippen molar-refractivity contribution >= 4 is 5.97 Å². The highest BCUT2D eigenvalue weighted by molar-refractivity contribution is 5.87. The molecule has 5 aliphatic rings. The van der Waals surface area contributed by atoms with Gasteiger partial charge in [-0.2, -0.15) is 0 Å². The van der Waals surface area contributed by atoms with Crippen LogP contribution in [0.15, 0.2) is 39.8 Å². The lowest BCUT2D eigenvalue weighted by Gasteiger charge is -2.61. The minimum atomic E-state index is -0.280. The van der Waals surface area contributed by atoms with E-state index in [1.165, 1.54) is 19.3 Å². The van der Waals surface area contributed by atoms with Gasteiger partial charge >= 0.3 is 11.6 Å². The van der Waals surface area contributed by atoms with E-state index in [2.05, 4.69) is 20.4 Å². The Bertz CT molecular complexity index is 1040. The first-order valence-electron chi connectivity index (χ1n) is 12.8. The SMILES string of the molecule is C=C(C)C(=O)O[C@H]1CC[C@@]2(C)[C@H](CC[C@@H]3[C@@H]2CC[C@]2(C)[C@@H](c4ccc(=O)oc4)C[C@H]4O[C@]342)C1. The first-order valence-corrected chi connectivity index (χ1v) is 12.8. The number of epoxide rings is 1. The fourth-order valence-corrected chi connectivity index (χ4v) is 9.08. The lowest BCUT2D eigenvalue weighted by Crippen LogP contribution is -2.58. The van der Waals surface area contributed by atoms with Crippen LogP contribution >= 0.6 is 0 Å². The molecule has 1 aliphatic heterocycles. The van der Waals surface area contributed by atoms with Crippen molar-refractivity contribution < 1.29 is 18.7 Å². The Labute approximate surface area is 195 Å². The Hall–Kier alpha value is -1.88. The van der Waals surface area contributed by atoms with Gasteiger partial charge in [-0.3, -0.25) is 0 Å². The summed E-state index contributed by atoms with van der Waals surface area (Å²) < 4.78 is 17.7. The van der Waals surface area contributed by atoms with Gasteiger partial charge in [0, 0.05) is 17.1 Å². The average Bonchev–Trinajstić information content (AvgIpc) is 3.44. The van der Waals surface area contributed by atoms with Crippen LogP contribution in [0.2, 0.25) is 0 Å². The van der Waals surface area contributed by atoms with Crippen LogP contribution < -0.4 is 5.63 Å². The van der Waals surface area contributed by atoms with Crippen LogP contribution in [0.5, 0.6) is 0 Å². The Kier molecular flexibility index (Phi) is 4.63. The van der Waals surface area contributed by atoms with Gasteiger partial charge in [0.05, 0.1) is 12.4 Å². The van der Waals surface area contributed by atoms with Crippen LogP contribution in [0.25, 0.3) is 0 Å². The van der Waals surface area contributed by atoms with E-state index >= 15 is 0 Å². The van der Waals surface area contributed by atoms with E-state index in [4.69, 9.17) is 13.9 Å². The molecule has 0 unspecified atom stereocenters. The van der Waals surface area contributed by atoms with Crippen molar-refractivity contribution in [3.05, 3.63) is 46.5 Å². The zero-order chi connectivity index (χ0) is 23.2. The van der Waals surface area contributed by atoms with Gasteiger partial charge in [-0.1, -0.05) is 20.4 Å². The summed E-state index contributed by atoms with van der Waals surface area (Å²) in [5, 5.41) is 0. The van der Waals surface area contributed by atoms with Crippen LogP contribution in [-0.4, -0.2) is 23.8 Å². The highest BCUT2D eigenvalue weighted by Gasteiger charge is 2.80.